The van der Waals surface area contributed by atoms with E-state index in [1.807, 2.05) is 4.90 Å². The summed E-state index contributed by atoms with van der Waals surface area (Å²) in [6.45, 7) is 3.43. The molecule has 0 bridgehead atoms. The summed E-state index contributed by atoms with van der Waals surface area (Å²) >= 11 is 0. The first-order valence-corrected chi connectivity index (χ1v) is 7.67. The zero-order chi connectivity index (χ0) is 14.7. The summed E-state index contributed by atoms with van der Waals surface area (Å²) in [6.07, 6.45) is 4.65. The van der Waals surface area contributed by atoms with Crippen LogP contribution in [0.15, 0.2) is 10.9 Å². The van der Waals surface area contributed by atoms with Gasteiger partial charge >= 0.3 is 0 Å². The van der Waals surface area contributed by atoms with E-state index in [2.05, 4.69) is 15.0 Å². The molecule has 0 radical (unpaired) electrons. The van der Waals surface area contributed by atoms with Crippen LogP contribution in [-0.2, 0) is 4.79 Å². The van der Waals surface area contributed by atoms with Crippen molar-refractivity contribution < 1.29 is 14.4 Å². The van der Waals surface area contributed by atoms with Gasteiger partial charge in [-0.1, -0.05) is 5.16 Å². The molecule has 2 saturated heterocycles. The van der Waals surface area contributed by atoms with Gasteiger partial charge in [-0.05, 0) is 32.2 Å². The minimum absolute atomic E-state index is 0.163. The first-order valence-electron chi connectivity index (χ1n) is 7.67. The number of nitrogens with zero attached hydrogens (tertiary/aromatic N) is 4. The second kappa shape index (κ2) is 6.53. The van der Waals surface area contributed by atoms with Gasteiger partial charge in [0.05, 0.1) is 12.6 Å². The summed E-state index contributed by atoms with van der Waals surface area (Å²) in [4.78, 5) is 20.4. The second-order valence-electron chi connectivity index (χ2n) is 5.98. The summed E-state index contributed by atoms with van der Waals surface area (Å²) < 4.78 is 4.78. The Morgan fingerprint density at radius 1 is 1.33 bits per heavy atom. The molecule has 3 rings (SSSR count). The van der Waals surface area contributed by atoms with Gasteiger partial charge in [-0.2, -0.15) is 4.98 Å². The molecule has 0 aliphatic carbocycles. The van der Waals surface area contributed by atoms with Crippen LogP contribution in [0.4, 0.5) is 0 Å². The molecule has 1 amide bonds. The molecule has 116 valence electrons. The number of hydrogen-bond donors (Lipinski definition) is 1. The molecule has 7 nitrogen and oxygen atoms in total. The van der Waals surface area contributed by atoms with Crippen LogP contribution in [0.25, 0.3) is 0 Å². The maximum atomic E-state index is 12.3. The predicted molar refractivity (Wildman–Crippen MR) is 74.5 cm³/mol. The summed E-state index contributed by atoms with van der Waals surface area (Å²) in [5.41, 5.74) is 0. The van der Waals surface area contributed by atoms with Crippen LogP contribution >= 0.6 is 0 Å². The molecule has 2 aliphatic heterocycles. The lowest BCUT2D eigenvalue weighted by Crippen LogP contribution is -2.47. The number of aliphatic hydroxyl groups is 1. The van der Waals surface area contributed by atoms with Crippen LogP contribution in [-0.4, -0.2) is 69.8 Å². The van der Waals surface area contributed by atoms with E-state index in [-0.39, 0.29) is 12.0 Å². The molecule has 1 N–H and O–H groups in total. The highest BCUT2D eigenvalue weighted by atomic mass is 16.5. The van der Waals surface area contributed by atoms with E-state index in [1.165, 1.54) is 6.39 Å². The lowest BCUT2D eigenvalue weighted by atomic mass is 9.96. The highest BCUT2D eigenvalue weighted by molar-refractivity contribution is 5.78. The summed E-state index contributed by atoms with van der Waals surface area (Å²) in [7, 11) is 0. The van der Waals surface area contributed by atoms with Crippen LogP contribution in [0, 0.1) is 0 Å². The van der Waals surface area contributed by atoms with Gasteiger partial charge in [-0.15, -0.1) is 0 Å². The van der Waals surface area contributed by atoms with Gasteiger partial charge in [0, 0.05) is 25.6 Å². The molecule has 0 aromatic carbocycles. The summed E-state index contributed by atoms with van der Waals surface area (Å²) in [5.74, 6) is 1.21. The van der Waals surface area contributed by atoms with E-state index in [0.717, 1.165) is 51.1 Å². The average molecular weight is 294 g/mol. The minimum Gasteiger partial charge on any atom is -0.392 e. The van der Waals surface area contributed by atoms with Crippen molar-refractivity contribution >= 4 is 5.91 Å². The minimum atomic E-state index is -0.282. The van der Waals surface area contributed by atoms with Crippen molar-refractivity contribution in [2.45, 2.75) is 37.7 Å². The lowest BCUT2D eigenvalue weighted by Gasteiger charge is -2.34. The van der Waals surface area contributed by atoms with E-state index >= 15 is 0 Å². The molecule has 3 heterocycles. The molecule has 0 saturated carbocycles. The average Bonchev–Trinajstić information content (AvgIpc) is 3.01. The van der Waals surface area contributed by atoms with E-state index in [1.54, 1.807) is 0 Å². The number of carbonyl (C=O) groups is 1. The molecule has 2 fully saturated rings. The smallest absolute Gasteiger partial charge is 0.236 e. The standard InChI is InChI=1S/C14H22N4O3/c19-12-2-1-5-17(8-12)9-13(20)18-6-3-11(4-7-18)14-15-10-21-16-14/h10-12,19H,1-9H2. The molecule has 2 aliphatic rings. The number of likely N-dealkylation sites (tertiary alicyclic amines) is 2. The zero-order valence-electron chi connectivity index (χ0n) is 12.1. The van der Waals surface area contributed by atoms with Crippen LogP contribution in [0.1, 0.15) is 37.4 Å². The summed E-state index contributed by atoms with van der Waals surface area (Å²) in [6, 6.07) is 0. The van der Waals surface area contributed by atoms with Gasteiger partial charge < -0.3 is 14.5 Å². The first-order chi connectivity index (χ1) is 10.2. The molecule has 0 spiro atoms. The fraction of sp³-hybridized carbons (Fsp3) is 0.786. The van der Waals surface area contributed by atoms with Gasteiger partial charge in [0.2, 0.25) is 12.3 Å². The van der Waals surface area contributed by atoms with Gasteiger partial charge in [-0.3, -0.25) is 9.69 Å². The van der Waals surface area contributed by atoms with Gasteiger partial charge in [0.15, 0.2) is 5.82 Å². The molecule has 1 aromatic rings. The zero-order valence-corrected chi connectivity index (χ0v) is 12.1. The molecular formula is C14H22N4O3. The molecule has 1 unspecified atom stereocenters. The number of rotatable bonds is 3. The van der Waals surface area contributed by atoms with Crippen molar-refractivity contribution in [3.8, 4) is 0 Å². The highest BCUT2D eigenvalue weighted by Crippen LogP contribution is 2.25. The van der Waals surface area contributed by atoms with Crippen molar-refractivity contribution in [1.82, 2.24) is 19.9 Å². The van der Waals surface area contributed by atoms with Gasteiger partial charge in [-0.25, -0.2) is 0 Å². The number of amides is 1. The third-order valence-electron chi connectivity index (χ3n) is 4.43. The van der Waals surface area contributed by atoms with Gasteiger partial charge in [0.25, 0.3) is 0 Å². The van der Waals surface area contributed by atoms with Crippen molar-refractivity contribution in [2.24, 2.45) is 0 Å². The van der Waals surface area contributed by atoms with Crippen molar-refractivity contribution in [1.29, 1.82) is 0 Å². The second-order valence-corrected chi connectivity index (χ2v) is 5.98. The van der Waals surface area contributed by atoms with Crippen LogP contribution < -0.4 is 0 Å². The Morgan fingerprint density at radius 3 is 2.81 bits per heavy atom. The molecule has 1 aromatic heterocycles. The Balaban J connectivity index is 1.46. The van der Waals surface area contributed by atoms with Crippen LogP contribution in [0.2, 0.25) is 0 Å². The maximum Gasteiger partial charge on any atom is 0.236 e. The molecule has 1 atom stereocenters. The fourth-order valence-electron chi connectivity index (χ4n) is 3.21. The van der Waals surface area contributed by atoms with Crippen LogP contribution in [0.3, 0.4) is 0 Å². The SMILES string of the molecule is O=C(CN1CCCC(O)C1)N1CCC(c2ncon2)CC1. The predicted octanol–water partition coefficient (Wildman–Crippen LogP) is 0.232. The Labute approximate surface area is 123 Å². The Kier molecular flexibility index (Phi) is 4.50. The van der Waals surface area contributed by atoms with Crippen molar-refractivity contribution in [2.75, 3.05) is 32.7 Å². The number of piperidine rings is 2. The third-order valence-corrected chi connectivity index (χ3v) is 4.43. The first kappa shape index (κ1) is 14.5. The number of carbonyl (C=O) groups excluding carboxylic acids is 1. The molecular weight excluding hydrogens is 272 g/mol. The number of aromatic nitrogens is 2. The van der Waals surface area contributed by atoms with Crippen LogP contribution in [0.5, 0.6) is 0 Å². The quantitative estimate of drug-likeness (QED) is 0.859. The molecule has 21 heavy (non-hydrogen) atoms. The van der Waals surface area contributed by atoms with E-state index < -0.39 is 0 Å². The monoisotopic (exact) mass is 294 g/mol. The fourth-order valence-corrected chi connectivity index (χ4v) is 3.21. The van der Waals surface area contributed by atoms with E-state index in [9.17, 15) is 9.90 Å². The lowest BCUT2D eigenvalue weighted by molar-refractivity contribution is -0.134. The van der Waals surface area contributed by atoms with E-state index in [4.69, 9.17) is 4.52 Å². The van der Waals surface area contributed by atoms with Gasteiger partial charge in [0.1, 0.15) is 0 Å². The largest absolute Gasteiger partial charge is 0.392 e. The number of aliphatic hydroxyl groups excluding tert-OH is 1. The van der Waals surface area contributed by atoms with E-state index in [0.29, 0.717) is 19.0 Å². The topological polar surface area (TPSA) is 82.7 Å². The molecule has 7 heteroatoms. The maximum absolute atomic E-state index is 12.3. The Morgan fingerprint density at radius 2 is 2.14 bits per heavy atom. The summed E-state index contributed by atoms with van der Waals surface area (Å²) in [5, 5.41) is 13.5. The Hall–Kier alpha value is -1.47. The highest BCUT2D eigenvalue weighted by Gasteiger charge is 2.28. The van der Waals surface area contributed by atoms with Crippen molar-refractivity contribution in [3.05, 3.63) is 12.2 Å². The van der Waals surface area contributed by atoms with Crippen molar-refractivity contribution in [3.63, 3.8) is 0 Å². The third kappa shape index (κ3) is 3.59. The normalized spacial score (nSPS) is 25.2. The Bertz CT molecular complexity index is 457. The number of hydrogen-bond acceptors (Lipinski definition) is 6. The number of β-amino-alcohol motifs (C(OH)–C–C–N with tert-alkyl or cyclic N) is 1.